The predicted molar refractivity (Wildman–Crippen MR) is 115 cm³/mol. The van der Waals surface area contributed by atoms with Gasteiger partial charge in [-0.1, -0.05) is 23.8 Å². The second-order valence-corrected chi connectivity index (χ2v) is 9.95. The van der Waals surface area contributed by atoms with E-state index in [0.717, 1.165) is 38.6 Å². The van der Waals surface area contributed by atoms with Crippen molar-refractivity contribution < 1.29 is 9.59 Å². The highest BCUT2D eigenvalue weighted by Crippen LogP contribution is 2.48. The van der Waals surface area contributed by atoms with Crippen molar-refractivity contribution in [1.82, 2.24) is 14.7 Å². The molecule has 7 atom stereocenters. The summed E-state index contributed by atoms with van der Waals surface area (Å²) in [7, 11) is 0. The molecule has 3 heterocycles. The van der Waals surface area contributed by atoms with Gasteiger partial charge in [0.15, 0.2) is 5.69 Å². The van der Waals surface area contributed by atoms with Crippen LogP contribution in [0.15, 0.2) is 18.2 Å². The maximum Gasteiger partial charge on any atom is 0.242 e. The number of nitriles is 1. The Balaban J connectivity index is 1.13. The molecule has 0 unspecified atom stereocenters. The number of likely N-dealkylation sites (tertiary alicyclic amines) is 3. The van der Waals surface area contributed by atoms with Crippen molar-refractivity contribution in [3.8, 4) is 6.07 Å². The minimum absolute atomic E-state index is 0.0810. The molecule has 4 fully saturated rings. The zero-order valence-electron chi connectivity index (χ0n) is 17.9. The molecule has 0 spiro atoms. The van der Waals surface area contributed by atoms with E-state index in [1.54, 1.807) is 4.90 Å². The molecule has 5 aliphatic rings. The molecule has 3 saturated heterocycles. The molecule has 0 radical (unpaired) electrons. The van der Waals surface area contributed by atoms with Crippen LogP contribution in [0, 0.1) is 23.8 Å². The van der Waals surface area contributed by atoms with Gasteiger partial charge in [0.2, 0.25) is 11.8 Å². The first-order valence-electron chi connectivity index (χ1n) is 11.5. The average Bonchev–Trinajstić information content (AvgIpc) is 3.14. The van der Waals surface area contributed by atoms with E-state index >= 15 is 0 Å². The van der Waals surface area contributed by atoms with Gasteiger partial charge in [0, 0.05) is 25.2 Å². The zero-order chi connectivity index (χ0) is 22.1. The highest BCUT2D eigenvalue weighted by atomic mass is 16.2. The van der Waals surface area contributed by atoms with Crippen LogP contribution in [0.3, 0.4) is 0 Å². The number of carbonyl (C=O) groups is 2. The van der Waals surface area contributed by atoms with E-state index in [2.05, 4.69) is 20.7 Å². The molecule has 32 heavy (non-hydrogen) atoms. The Labute approximate surface area is 187 Å². The molecule has 6 rings (SSSR count). The zero-order valence-corrected chi connectivity index (χ0v) is 17.9. The Kier molecular flexibility index (Phi) is 4.33. The van der Waals surface area contributed by atoms with Crippen molar-refractivity contribution in [2.45, 2.75) is 68.4 Å². The molecule has 2 aliphatic carbocycles. The number of hydrogen-bond donors (Lipinski definition) is 1. The Hall–Kier alpha value is -2.94. The summed E-state index contributed by atoms with van der Waals surface area (Å²) in [6, 6.07) is 7.20. The number of rotatable bonds is 4. The first-order chi connectivity index (χ1) is 15.5. The normalized spacial score (nSPS) is 35.4. The van der Waals surface area contributed by atoms with E-state index in [-0.39, 0.29) is 42.0 Å². The number of aryl methyl sites for hydroxylation is 1. The number of nitrogens with two attached hydrogens (primary N) is 1. The fourth-order valence-electron chi connectivity index (χ4n) is 6.65. The third-order valence-corrected chi connectivity index (χ3v) is 8.21. The van der Waals surface area contributed by atoms with Crippen LogP contribution in [0.1, 0.15) is 42.9 Å². The summed E-state index contributed by atoms with van der Waals surface area (Å²) in [4.78, 5) is 35.7. The fraction of sp³-hybridized carbons (Fsp3) is 0.583. The number of hydrogen-bond acceptors (Lipinski definition) is 5. The number of benzene rings is 1. The second kappa shape index (κ2) is 7.03. The van der Waals surface area contributed by atoms with Gasteiger partial charge in [0.1, 0.15) is 6.04 Å². The van der Waals surface area contributed by atoms with E-state index in [1.165, 1.54) is 11.1 Å². The average molecular weight is 431 g/mol. The van der Waals surface area contributed by atoms with Gasteiger partial charge in [0.05, 0.1) is 30.8 Å². The minimum atomic E-state index is -0.704. The molecule has 1 aromatic carbocycles. The van der Waals surface area contributed by atoms with Crippen molar-refractivity contribution in [3.05, 3.63) is 40.7 Å². The first-order valence-corrected chi connectivity index (χ1v) is 11.5. The van der Waals surface area contributed by atoms with Crippen molar-refractivity contribution in [2.24, 2.45) is 11.7 Å². The van der Waals surface area contributed by atoms with Crippen LogP contribution in [-0.4, -0.2) is 69.8 Å². The van der Waals surface area contributed by atoms with Crippen LogP contribution >= 0.6 is 0 Å². The van der Waals surface area contributed by atoms with Crippen molar-refractivity contribution in [2.75, 3.05) is 13.1 Å². The number of piperidine rings is 1. The second-order valence-electron chi connectivity index (χ2n) is 9.95. The van der Waals surface area contributed by atoms with Gasteiger partial charge in [-0.15, -0.1) is 0 Å². The molecule has 1 aromatic rings. The van der Waals surface area contributed by atoms with Crippen LogP contribution in [0.2, 0.25) is 0 Å². The first kappa shape index (κ1) is 19.7. The van der Waals surface area contributed by atoms with Gasteiger partial charge in [-0.3, -0.25) is 14.5 Å². The lowest BCUT2D eigenvalue weighted by atomic mass is 10.0. The molecule has 2 amide bonds. The van der Waals surface area contributed by atoms with Crippen molar-refractivity contribution in [3.63, 3.8) is 0 Å². The maximum atomic E-state index is 13.3. The fourth-order valence-corrected chi connectivity index (χ4v) is 6.65. The summed E-state index contributed by atoms with van der Waals surface area (Å²) in [5.41, 5.74) is 9.31. The summed E-state index contributed by atoms with van der Waals surface area (Å²) in [5, 5.41) is 9.38. The number of carbonyl (C=O) groups excluding carboxylic acids is 2. The molecule has 164 valence electrons. The molecule has 3 aliphatic heterocycles. The Morgan fingerprint density at radius 3 is 2.91 bits per heavy atom. The highest BCUT2D eigenvalue weighted by Gasteiger charge is 2.56. The number of fused-ring (bicyclic) bond motifs is 4. The van der Waals surface area contributed by atoms with Gasteiger partial charge in [-0.25, -0.2) is 4.85 Å². The molecule has 8 heteroatoms. The van der Waals surface area contributed by atoms with E-state index in [9.17, 15) is 14.9 Å². The van der Waals surface area contributed by atoms with Crippen molar-refractivity contribution >= 4 is 17.5 Å². The van der Waals surface area contributed by atoms with Gasteiger partial charge >= 0.3 is 0 Å². The smallest absolute Gasteiger partial charge is 0.242 e. The van der Waals surface area contributed by atoms with Gasteiger partial charge in [0.25, 0.3) is 0 Å². The lowest BCUT2D eigenvalue weighted by Gasteiger charge is -2.38. The minimum Gasteiger partial charge on any atom is -0.330 e. The molecule has 8 nitrogen and oxygen atoms in total. The Bertz CT molecular complexity index is 1090. The lowest BCUT2D eigenvalue weighted by molar-refractivity contribution is -0.141. The van der Waals surface area contributed by atoms with Gasteiger partial charge in [-0.2, -0.15) is 5.26 Å². The Morgan fingerprint density at radius 2 is 2.16 bits per heavy atom. The summed E-state index contributed by atoms with van der Waals surface area (Å²) in [6.07, 6.45) is 4.32. The van der Waals surface area contributed by atoms with E-state index in [0.29, 0.717) is 18.2 Å². The molecule has 1 saturated carbocycles. The van der Waals surface area contributed by atoms with Crippen LogP contribution in [-0.2, 0) is 16.0 Å². The molecule has 2 N–H and O–H groups in total. The summed E-state index contributed by atoms with van der Waals surface area (Å²) < 4.78 is 0. The molecular formula is C24H26N6O2. The monoisotopic (exact) mass is 430 g/mol. The third kappa shape index (κ3) is 2.80. The Morgan fingerprint density at radius 1 is 1.31 bits per heavy atom. The van der Waals surface area contributed by atoms with E-state index in [4.69, 9.17) is 12.3 Å². The lowest BCUT2D eigenvalue weighted by Crippen LogP contribution is -2.57. The topological polar surface area (TPSA) is 98.0 Å². The van der Waals surface area contributed by atoms with Crippen LogP contribution in [0.4, 0.5) is 5.69 Å². The standard InChI is InChI=1S/C24H26N6O2/c1-27-15-3-4-18-13(6-15)2-5-20(18)30-17-9-22(24(30)32)28(11-17)12-19(26)23(31)29-16(10-25)7-14-8-21(14)29/h3-4,6,14,16-17,19-22H,2,5,7-9,11-12,26H2/t14-,16+,17+,19+,20-,21+,22+/m1/s1. The van der Waals surface area contributed by atoms with Crippen LogP contribution < -0.4 is 5.73 Å². The molecule has 2 bridgehead atoms. The van der Waals surface area contributed by atoms with Crippen LogP contribution in [0.5, 0.6) is 0 Å². The van der Waals surface area contributed by atoms with E-state index in [1.807, 2.05) is 18.2 Å². The summed E-state index contributed by atoms with van der Waals surface area (Å²) in [6.45, 7) is 8.32. The maximum absolute atomic E-state index is 13.3. The van der Waals surface area contributed by atoms with E-state index < -0.39 is 6.04 Å². The van der Waals surface area contributed by atoms with Crippen LogP contribution in [0.25, 0.3) is 4.85 Å². The molecular weight excluding hydrogens is 404 g/mol. The van der Waals surface area contributed by atoms with Gasteiger partial charge < -0.3 is 15.5 Å². The number of amides is 2. The van der Waals surface area contributed by atoms with Crippen molar-refractivity contribution in [1.29, 1.82) is 5.26 Å². The highest BCUT2D eigenvalue weighted by molar-refractivity contribution is 5.87. The predicted octanol–water partition coefficient (Wildman–Crippen LogP) is 1.35. The SMILES string of the molecule is [C-]#[N+]c1ccc2c(c1)CC[C@H]2N1C(=O)[C@@H]2C[C@H]1CN2C[C@H](N)C(=O)N1[C@H](C#N)C[C@@H]2C[C@@H]21. The third-order valence-electron chi connectivity index (χ3n) is 8.21. The van der Waals surface area contributed by atoms with Gasteiger partial charge in [-0.05, 0) is 43.6 Å². The molecule has 0 aromatic heterocycles. The number of nitrogens with zero attached hydrogens (tertiary/aromatic N) is 5. The quantitative estimate of drug-likeness (QED) is 0.727. The summed E-state index contributed by atoms with van der Waals surface area (Å²) in [5.74, 6) is 0.453. The largest absolute Gasteiger partial charge is 0.330 e. The summed E-state index contributed by atoms with van der Waals surface area (Å²) >= 11 is 0. The number of piperazine rings is 1.